The van der Waals surface area contributed by atoms with Crippen molar-refractivity contribution in [3.8, 4) is 17.2 Å². The highest BCUT2D eigenvalue weighted by atomic mass is 16.5. The number of hydrogen-bond donors (Lipinski definition) is 0. The third kappa shape index (κ3) is 2.90. The largest absolute Gasteiger partial charge is 0.545 e. The number of carboxylic acids is 1. The number of aliphatic carboxylic acids is 1. The van der Waals surface area contributed by atoms with Gasteiger partial charge in [-0.1, -0.05) is 0 Å². The predicted molar refractivity (Wildman–Crippen MR) is 60.1 cm³/mol. The molecule has 0 unspecified atom stereocenters. The molecule has 1 rings (SSSR count). The van der Waals surface area contributed by atoms with E-state index in [0.29, 0.717) is 22.8 Å². The topological polar surface area (TPSA) is 67.8 Å². The minimum absolute atomic E-state index is 0.407. The van der Waals surface area contributed by atoms with Crippen molar-refractivity contribution in [3.05, 3.63) is 23.8 Å². The molecule has 92 valence electrons. The van der Waals surface area contributed by atoms with E-state index >= 15 is 0 Å². The second-order valence-electron chi connectivity index (χ2n) is 3.08. The van der Waals surface area contributed by atoms with Gasteiger partial charge in [0.1, 0.15) is 0 Å². The Morgan fingerprint density at radius 1 is 1.12 bits per heavy atom. The van der Waals surface area contributed by atoms with Crippen LogP contribution >= 0.6 is 0 Å². The van der Waals surface area contributed by atoms with Crippen LogP contribution in [0.1, 0.15) is 5.56 Å². The molecule has 1 aromatic carbocycles. The number of carboxylic acid groups (broad SMARTS) is 1. The lowest BCUT2D eigenvalue weighted by molar-refractivity contribution is -0.297. The fraction of sp³-hybridized carbons (Fsp3) is 0.250. The van der Waals surface area contributed by atoms with E-state index in [9.17, 15) is 9.90 Å². The van der Waals surface area contributed by atoms with Gasteiger partial charge in [0.15, 0.2) is 11.5 Å². The standard InChI is InChI=1S/C12H14O5/c1-15-9-6-4-8(5-7-10(13)14)11(16-2)12(9)17-3/h4-7H,1-3H3,(H,13,14)/p-1. The van der Waals surface area contributed by atoms with Crippen LogP contribution in [0.5, 0.6) is 17.2 Å². The molecule has 0 heterocycles. The van der Waals surface area contributed by atoms with Crippen molar-refractivity contribution >= 4 is 12.0 Å². The molecular weight excluding hydrogens is 224 g/mol. The van der Waals surface area contributed by atoms with Crippen molar-refractivity contribution in [2.45, 2.75) is 0 Å². The number of hydrogen-bond acceptors (Lipinski definition) is 5. The maximum Gasteiger partial charge on any atom is 0.203 e. The Morgan fingerprint density at radius 2 is 1.76 bits per heavy atom. The Kier molecular flexibility index (Phi) is 4.39. The average Bonchev–Trinajstić information content (AvgIpc) is 2.34. The fourth-order valence-corrected chi connectivity index (χ4v) is 1.41. The molecule has 0 fully saturated rings. The third-order valence-corrected chi connectivity index (χ3v) is 2.13. The second kappa shape index (κ2) is 5.79. The minimum Gasteiger partial charge on any atom is -0.545 e. The van der Waals surface area contributed by atoms with Gasteiger partial charge < -0.3 is 24.1 Å². The van der Waals surface area contributed by atoms with Gasteiger partial charge in [-0.2, -0.15) is 0 Å². The SMILES string of the molecule is COc1ccc(C=CC(=O)[O-])c(OC)c1OC. The number of ether oxygens (including phenoxy) is 3. The summed E-state index contributed by atoms with van der Waals surface area (Å²) in [6.07, 6.45) is 2.29. The van der Waals surface area contributed by atoms with Gasteiger partial charge in [-0.15, -0.1) is 0 Å². The molecule has 0 saturated carbocycles. The van der Waals surface area contributed by atoms with E-state index in [1.165, 1.54) is 27.4 Å². The molecule has 0 bridgehead atoms. The molecular formula is C12H13O5-. The lowest BCUT2D eigenvalue weighted by Crippen LogP contribution is -2.18. The molecule has 0 atom stereocenters. The van der Waals surface area contributed by atoms with Crippen LogP contribution in [0.25, 0.3) is 6.08 Å². The summed E-state index contributed by atoms with van der Waals surface area (Å²) in [5.74, 6) is 0.0524. The third-order valence-electron chi connectivity index (χ3n) is 2.13. The predicted octanol–water partition coefficient (Wildman–Crippen LogP) is 0.476. The zero-order valence-electron chi connectivity index (χ0n) is 9.85. The van der Waals surface area contributed by atoms with Gasteiger partial charge in [0.2, 0.25) is 5.75 Å². The summed E-state index contributed by atoms with van der Waals surface area (Å²) in [7, 11) is 4.45. The number of benzene rings is 1. The molecule has 0 N–H and O–H groups in total. The van der Waals surface area contributed by atoms with Crippen LogP contribution < -0.4 is 19.3 Å². The molecule has 17 heavy (non-hydrogen) atoms. The van der Waals surface area contributed by atoms with E-state index in [4.69, 9.17) is 14.2 Å². The van der Waals surface area contributed by atoms with Crippen LogP contribution in [-0.2, 0) is 4.79 Å². The summed E-state index contributed by atoms with van der Waals surface area (Å²) in [6.45, 7) is 0. The van der Waals surface area contributed by atoms with Crippen LogP contribution in [-0.4, -0.2) is 27.3 Å². The molecule has 0 aliphatic rings. The Morgan fingerprint density at radius 3 is 2.24 bits per heavy atom. The molecule has 0 aliphatic heterocycles. The van der Waals surface area contributed by atoms with Crippen molar-refractivity contribution < 1.29 is 24.1 Å². The number of carbonyl (C=O) groups is 1. The molecule has 0 spiro atoms. The lowest BCUT2D eigenvalue weighted by Gasteiger charge is -2.13. The van der Waals surface area contributed by atoms with Gasteiger partial charge >= 0.3 is 0 Å². The summed E-state index contributed by atoms with van der Waals surface area (Å²) < 4.78 is 15.4. The molecule has 0 aromatic heterocycles. The Labute approximate surface area is 99.2 Å². The average molecular weight is 237 g/mol. The first-order chi connectivity index (χ1) is 8.13. The fourth-order valence-electron chi connectivity index (χ4n) is 1.41. The van der Waals surface area contributed by atoms with E-state index in [0.717, 1.165) is 6.08 Å². The second-order valence-corrected chi connectivity index (χ2v) is 3.08. The maximum absolute atomic E-state index is 10.4. The molecule has 5 heteroatoms. The number of rotatable bonds is 5. The van der Waals surface area contributed by atoms with Crippen molar-refractivity contribution in [1.82, 2.24) is 0 Å². The van der Waals surface area contributed by atoms with Crippen molar-refractivity contribution in [3.63, 3.8) is 0 Å². The first-order valence-electron chi connectivity index (χ1n) is 4.82. The molecule has 0 radical (unpaired) electrons. The molecule has 0 saturated heterocycles. The van der Waals surface area contributed by atoms with Gasteiger partial charge in [-0.25, -0.2) is 0 Å². The first kappa shape index (κ1) is 12.9. The summed E-state index contributed by atoms with van der Waals surface area (Å²) in [4.78, 5) is 10.4. The van der Waals surface area contributed by atoms with E-state index in [1.807, 2.05) is 0 Å². The van der Waals surface area contributed by atoms with Crippen LogP contribution in [0, 0.1) is 0 Å². The van der Waals surface area contributed by atoms with E-state index in [-0.39, 0.29) is 0 Å². The van der Waals surface area contributed by atoms with E-state index in [2.05, 4.69) is 0 Å². The minimum atomic E-state index is -1.28. The highest BCUT2D eigenvalue weighted by Crippen LogP contribution is 2.40. The zero-order chi connectivity index (χ0) is 12.8. The molecule has 1 aromatic rings. The van der Waals surface area contributed by atoms with Crippen LogP contribution in [0.3, 0.4) is 0 Å². The first-order valence-corrected chi connectivity index (χ1v) is 4.82. The molecule has 0 aliphatic carbocycles. The maximum atomic E-state index is 10.4. The zero-order valence-corrected chi connectivity index (χ0v) is 9.85. The normalized spacial score (nSPS) is 10.3. The summed E-state index contributed by atoms with van der Waals surface area (Å²) >= 11 is 0. The van der Waals surface area contributed by atoms with Gasteiger partial charge in [0, 0.05) is 5.56 Å². The van der Waals surface area contributed by atoms with Gasteiger partial charge in [-0.05, 0) is 24.3 Å². The van der Waals surface area contributed by atoms with E-state index < -0.39 is 5.97 Å². The van der Waals surface area contributed by atoms with Crippen LogP contribution in [0.4, 0.5) is 0 Å². The Bertz CT molecular complexity index is 437. The van der Waals surface area contributed by atoms with Gasteiger partial charge in [-0.3, -0.25) is 0 Å². The Hall–Kier alpha value is -2.17. The van der Waals surface area contributed by atoms with E-state index in [1.54, 1.807) is 12.1 Å². The highest BCUT2D eigenvalue weighted by Gasteiger charge is 2.13. The van der Waals surface area contributed by atoms with Crippen molar-refractivity contribution in [1.29, 1.82) is 0 Å². The lowest BCUT2D eigenvalue weighted by atomic mass is 10.1. The van der Waals surface area contributed by atoms with Crippen molar-refractivity contribution in [2.24, 2.45) is 0 Å². The van der Waals surface area contributed by atoms with Crippen LogP contribution in [0.2, 0.25) is 0 Å². The highest BCUT2D eigenvalue weighted by molar-refractivity contribution is 5.85. The number of methoxy groups -OCH3 is 3. The Balaban J connectivity index is 3.28. The molecule has 5 nitrogen and oxygen atoms in total. The monoisotopic (exact) mass is 237 g/mol. The quantitative estimate of drug-likeness (QED) is 0.696. The summed E-state index contributed by atoms with van der Waals surface area (Å²) in [5.41, 5.74) is 0.564. The van der Waals surface area contributed by atoms with Gasteiger partial charge in [0.25, 0.3) is 0 Å². The smallest absolute Gasteiger partial charge is 0.203 e. The summed E-state index contributed by atoms with van der Waals surface area (Å²) in [5, 5.41) is 10.4. The molecule has 0 amide bonds. The van der Waals surface area contributed by atoms with Crippen LogP contribution in [0.15, 0.2) is 18.2 Å². The number of carbonyl (C=O) groups excluding carboxylic acids is 1. The van der Waals surface area contributed by atoms with Crippen molar-refractivity contribution in [2.75, 3.05) is 21.3 Å². The summed E-state index contributed by atoms with van der Waals surface area (Å²) in [6, 6.07) is 3.33. The van der Waals surface area contributed by atoms with Gasteiger partial charge in [0.05, 0.1) is 27.3 Å².